The third-order valence-corrected chi connectivity index (χ3v) is 4.96. The van der Waals surface area contributed by atoms with E-state index < -0.39 is 17.7 Å². The Morgan fingerprint density at radius 2 is 1.62 bits per heavy atom. The molecule has 0 radical (unpaired) electrons. The molecule has 1 heterocycles. The summed E-state index contributed by atoms with van der Waals surface area (Å²) in [5.41, 5.74) is -2.69. The quantitative estimate of drug-likeness (QED) is 0.631. The Hall–Kier alpha value is -1.89. The lowest BCUT2D eigenvalue weighted by Crippen LogP contribution is -2.46. The van der Waals surface area contributed by atoms with Gasteiger partial charge in [0.25, 0.3) is 0 Å². The van der Waals surface area contributed by atoms with Gasteiger partial charge < -0.3 is 5.11 Å². The van der Waals surface area contributed by atoms with Crippen LogP contribution >= 0.6 is 23.2 Å². The molecule has 136 valence electrons. The van der Waals surface area contributed by atoms with Crippen LogP contribution in [0, 0.1) is 0 Å². The van der Waals surface area contributed by atoms with Crippen molar-refractivity contribution in [3.63, 3.8) is 0 Å². The molecule has 1 aromatic heterocycles. The van der Waals surface area contributed by atoms with Crippen molar-refractivity contribution in [2.45, 2.75) is 24.6 Å². The third-order valence-electron chi connectivity index (χ3n) is 4.40. The van der Waals surface area contributed by atoms with Crippen LogP contribution in [0.3, 0.4) is 0 Å². The number of alkyl halides is 3. The van der Waals surface area contributed by atoms with Crippen molar-refractivity contribution in [3.05, 3.63) is 70.0 Å². The number of aromatic nitrogens is 2. The number of hydrogen-bond donors (Lipinski definition) is 1. The Morgan fingerprint density at radius 1 is 0.962 bits per heavy atom. The maximum absolute atomic E-state index is 14.0. The molecule has 0 aliphatic carbocycles. The van der Waals surface area contributed by atoms with E-state index in [9.17, 15) is 18.3 Å². The maximum atomic E-state index is 14.0. The van der Waals surface area contributed by atoms with E-state index in [2.05, 4.69) is 9.97 Å². The number of benzene rings is 2. The molecule has 1 N–H and O–H groups in total. The van der Waals surface area contributed by atoms with Crippen LogP contribution in [0.2, 0.25) is 10.0 Å². The van der Waals surface area contributed by atoms with Gasteiger partial charge in [-0.3, -0.25) is 9.97 Å². The van der Waals surface area contributed by atoms with Crippen LogP contribution in [0.1, 0.15) is 24.0 Å². The summed E-state index contributed by atoms with van der Waals surface area (Å²) in [5.74, 6) is -1.39. The standard InChI is InChI=1S/C18H13Cl2F3N2O/c1-10(13-4-3-12(19)9-14(13)20)17(26,18(21,22)23)11-2-5-15-16(8-11)25-7-6-24-15/h2-10,26H,1H3. The van der Waals surface area contributed by atoms with Gasteiger partial charge >= 0.3 is 6.18 Å². The van der Waals surface area contributed by atoms with Crippen molar-refractivity contribution < 1.29 is 18.3 Å². The first-order chi connectivity index (χ1) is 12.1. The van der Waals surface area contributed by atoms with Gasteiger partial charge in [-0.1, -0.05) is 42.3 Å². The van der Waals surface area contributed by atoms with E-state index in [4.69, 9.17) is 23.2 Å². The minimum absolute atomic E-state index is 0.0493. The highest BCUT2D eigenvalue weighted by Gasteiger charge is 2.59. The van der Waals surface area contributed by atoms with E-state index in [-0.39, 0.29) is 21.7 Å². The molecule has 8 heteroatoms. The van der Waals surface area contributed by atoms with Crippen molar-refractivity contribution in [3.8, 4) is 0 Å². The molecule has 2 unspecified atom stereocenters. The lowest BCUT2D eigenvalue weighted by atomic mass is 9.77. The van der Waals surface area contributed by atoms with Crippen LogP contribution in [0.25, 0.3) is 11.0 Å². The highest BCUT2D eigenvalue weighted by Crippen LogP contribution is 2.50. The molecule has 3 nitrogen and oxygen atoms in total. The number of nitrogens with zero attached hydrogens (tertiary/aromatic N) is 2. The molecule has 0 fully saturated rings. The summed E-state index contributed by atoms with van der Waals surface area (Å²) in [6, 6.07) is 7.94. The van der Waals surface area contributed by atoms with Crippen LogP contribution in [0.15, 0.2) is 48.8 Å². The Morgan fingerprint density at radius 3 is 2.23 bits per heavy atom. The topological polar surface area (TPSA) is 46.0 Å². The van der Waals surface area contributed by atoms with Crippen LogP contribution < -0.4 is 0 Å². The lowest BCUT2D eigenvalue weighted by molar-refractivity contribution is -0.274. The zero-order valence-corrected chi connectivity index (χ0v) is 14.9. The van der Waals surface area contributed by atoms with Crippen molar-refractivity contribution in [2.24, 2.45) is 0 Å². The van der Waals surface area contributed by atoms with Crippen molar-refractivity contribution >= 4 is 34.2 Å². The first-order valence-corrected chi connectivity index (χ1v) is 8.35. The second-order valence-corrected chi connectivity index (χ2v) is 6.76. The summed E-state index contributed by atoms with van der Waals surface area (Å²) < 4.78 is 41.9. The van der Waals surface area contributed by atoms with E-state index in [1.54, 1.807) is 0 Å². The van der Waals surface area contributed by atoms with E-state index in [0.717, 1.165) is 0 Å². The van der Waals surface area contributed by atoms with E-state index in [1.165, 1.54) is 55.7 Å². The number of aliphatic hydroxyl groups is 1. The second kappa shape index (κ2) is 6.68. The van der Waals surface area contributed by atoms with Gasteiger partial charge in [0.2, 0.25) is 0 Å². The molecule has 0 saturated carbocycles. The van der Waals surface area contributed by atoms with Gasteiger partial charge in [-0.05, 0) is 35.4 Å². The van der Waals surface area contributed by atoms with Crippen molar-refractivity contribution in [1.82, 2.24) is 9.97 Å². The minimum atomic E-state index is -4.95. The van der Waals surface area contributed by atoms with Crippen molar-refractivity contribution in [1.29, 1.82) is 0 Å². The van der Waals surface area contributed by atoms with Gasteiger partial charge in [0.15, 0.2) is 5.60 Å². The van der Waals surface area contributed by atoms with E-state index >= 15 is 0 Å². The van der Waals surface area contributed by atoms with Gasteiger partial charge in [0, 0.05) is 28.4 Å². The molecule has 0 amide bonds. The summed E-state index contributed by atoms with van der Waals surface area (Å²) in [6.45, 7) is 1.27. The van der Waals surface area contributed by atoms with Crippen LogP contribution in [-0.2, 0) is 5.60 Å². The fourth-order valence-electron chi connectivity index (χ4n) is 2.94. The van der Waals surface area contributed by atoms with Crippen molar-refractivity contribution in [2.75, 3.05) is 0 Å². The number of rotatable bonds is 3. The van der Waals surface area contributed by atoms with Crippen LogP contribution in [0.4, 0.5) is 13.2 Å². The van der Waals surface area contributed by atoms with Crippen LogP contribution in [-0.4, -0.2) is 21.3 Å². The molecule has 3 aromatic rings. The molecule has 2 atom stereocenters. The van der Waals surface area contributed by atoms with Gasteiger partial charge in [0.1, 0.15) is 0 Å². The molecule has 2 aromatic carbocycles. The number of fused-ring (bicyclic) bond motifs is 1. The Balaban J connectivity index is 2.19. The molecule has 26 heavy (non-hydrogen) atoms. The minimum Gasteiger partial charge on any atom is -0.376 e. The molecular formula is C18H13Cl2F3N2O. The first-order valence-electron chi connectivity index (χ1n) is 7.60. The smallest absolute Gasteiger partial charge is 0.376 e. The predicted octanol–water partition coefficient (Wildman–Crippen LogP) is 5.49. The first kappa shape index (κ1) is 18.9. The Labute approximate surface area is 157 Å². The van der Waals surface area contributed by atoms with Gasteiger partial charge in [-0.15, -0.1) is 0 Å². The Bertz CT molecular complexity index is 965. The summed E-state index contributed by atoms with van der Waals surface area (Å²) in [6.07, 6.45) is -2.14. The molecule has 0 aliphatic heterocycles. The SMILES string of the molecule is CC(c1ccc(Cl)cc1Cl)C(O)(c1ccc2nccnc2c1)C(F)(F)F. The summed E-state index contributed by atoms with van der Waals surface area (Å²) in [7, 11) is 0. The zero-order valence-electron chi connectivity index (χ0n) is 13.4. The lowest BCUT2D eigenvalue weighted by Gasteiger charge is -2.37. The molecule has 3 rings (SSSR count). The maximum Gasteiger partial charge on any atom is 0.422 e. The molecule has 0 spiro atoms. The monoisotopic (exact) mass is 400 g/mol. The summed E-state index contributed by atoms with van der Waals surface area (Å²) in [4.78, 5) is 8.05. The van der Waals surface area contributed by atoms with Crippen LogP contribution in [0.5, 0.6) is 0 Å². The summed E-state index contributed by atoms with van der Waals surface area (Å²) in [5, 5.41) is 11.2. The largest absolute Gasteiger partial charge is 0.422 e. The average Bonchev–Trinajstić information content (AvgIpc) is 2.59. The predicted molar refractivity (Wildman–Crippen MR) is 94.4 cm³/mol. The zero-order chi connectivity index (χ0) is 19.1. The third kappa shape index (κ3) is 3.13. The highest BCUT2D eigenvalue weighted by atomic mass is 35.5. The normalized spacial score (nSPS) is 15.7. The molecule has 0 saturated heterocycles. The fourth-order valence-corrected chi connectivity index (χ4v) is 3.51. The number of halogens is 5. The molecular weight excluding hydrogens is 388 g/mol. The fraction of sp³-hybridized carbons (Fsp3) is 0.222. The molecule has 0 aliphatic rings. The highest BCUT2D eigenvalue weighted by molar-refractivity contribution is 6.35. The van der Waals surface area contributed by atoms with E-state index in [0.29, 0.717) is 10.5 Å². The molecule has 0 bridgehead atoms. The Kier molecular flexibility index (Phi) is 4.86. The van der Waals surface area contributed by atoms with Gasteiger partial charge in [-0.2, -0.15) is 13.2 Å². The second-order valence-electron chi connectivity index (χ2n) is 5.91. The van der Waals surface area contributed by atoms with Gasteiger partial charge in [-0.25, -0.2) is 0 Å². The number of hydrogen-bond acceptors (Lipinski definition) is 3. The summed E-state index contributed by atoms with van der Waals surface area (Å²) >= 11 is 11.9. The average molecular weight is 401 g/mol. The van der Waals surface area contributed by atoms with Gasteiger partial charge in [0.05, 0.1) is 11.0 Å². The van der Waals surface area contributed by atoms with E-state index in [1.807, 2.05) is 0 Å².